The van der Waals surface area contributed by atoms with Gasteiger partial charge in [0.2, 0.25) is 0 Å². The Morgan fingerprint density at radius 1 is 1.33 bits per heavy atom. The topological polar surface area (TPSA) is 62.2 Å². The quantitative estimate of drug-likeness (QED) is 0.453. The van der Waals surface area contributed by atoms with Crippen LogP contribution in [0, 0.1) is 12.7 Å². The molecule has 114 valence electrons. The summed E-state index contributed by atoms with van der Waals surface area (Å²) in [5.41, 5.74) is 0.362. The van der Waals surface area contributed by atoms with Crippen molar-refractivity contribution < 1.29 is 4.39 Å². The zero-order valence-corrected chi connectivity index (χ0v) is 14.9. The Kier molecular flexibility index (Phi) is 7.51. The number of nitrogens with one attached hydrogen (secondary N) is 2. The van der Waals surface area contributed by atoms with Crippen molar-refractivity contribution in [1.29, 1.82) is 0 Å². The molecule has 2 heterocycles. The lowest BCUT2D eigenvalue weighted by molar-refractivity contribution is 0.592. The van der Waals surface area contributed by atoms with E-state index in [0.29, 0.717) is 18.2 Å². The first-order valence-corrected chi connectivity index (χ1v) is 6.96. The summed E-state index contributed by atoms with van der Waals surface area (Å²) in [6.45, 7) is 2.88. The second-order valence-corrected chi connectivity index (χ2v) is 5.40. The molecule has 0 aliphatic heterocycles. The van der Waals surface area contributed by atoms with Crippen molar-refractivity contribution >= 4 is 41.3 Å². The summed E-state index contributed by atoms with van der Waals surface area (Å²) in [5.74, 6) is 0.258. The van der Waals surface area contributed by atoms with Crippen molar-refractivity contribution in [2.24, 2.45) is 4.99 Å². The summed E-state index contributed by atoms with van der Waals surface area (Å²) >= 11 is 1.63. The third-order valence-electron chi connectivity index (χ3n) is 2.56. The van der Waals surface area contributed by atoms with Gasteiger partial charge in [-0.15, -0.1) is 35.3 Å². The number of rotatable bonds is 4. The summed E-state index contributed by atoms with van der Waals surface area (Å²) in [6, 6.07) is 2.95. The van der Waals surface area contributed by atoms with Gasteiger partial charge < -0.3 is 10.6 Å². The first kappa shape index (κ1) is 17.8. The van der Waals surface area contributed by atoms with Crippen LogP contribution < -0.4 is 10.6 Å². The van der Waals surface area contributed by atoms with E-state index in [1.165, 1.54) is 10.9 Å². The lowest BCUT2D eigenvalue weighted by Crippen LogP contribution is -2.36. The molecule has 2 rings (SSSR count). The molecule has 5 nitrogen and oxygen atoms in total. The standard InChI is InChI=1S/C13H16FN5S.HI/c1-9-6-17-12(20-9)8-19-13(15-2)18-7-11-10(14)4-3-5-16-11;/h3-6H,7-8H2,1-2H3,(H2,15,18,19);1H. The Morgan fingerprint density at radius 3 is 2.71 bits per heavy atom. The van der Waals surface area contributed by atoms with E-state index in [0.717, 1.165) is 5.01 Å². The van der Waals surface area contributed by atoms with Gasteiger partial charge >= 0.3 is 0 Å². The number of hydrogen-bond donors (Lipinski definition) is 2. The molecule has 8 heteroatoms. The fraction of sp³-hybridized carbons (Fsp3) is 0.308. The zero-order chi connectivity index (χ0) is 14.4. The molecule has 0 radical (unpaired) electrons. The number of aromatic nitrogens is 2. The maximum absolute atomic E-state index is 13.4. The summed E-state index contributed by atoms with van der Waals surface area (Å²) < 4.78 is 13.4. The molecular weight excluding hydrogens is 404 g/mol. The molecule has 2 aromatic rings. The van der Waals surface area contributed by atoms with Gasteiger partial charge in [0.15, 0.2) is 5.96 Å². The number of aliphatic imine (C=N–C) groups is 1. The number of pyridine rings is 1. The zero-order valence-electron chi connectivity index (χ0n) is 11.8. The minimum Gasteiger partial charge on any atom is -0.351 e. The monoisotopic (exact) mass is 421 g/mol. The summed E-state index contributed by atoms with van der Waals surface area (Å²) in [6.07, 6.45) is 3.40. The largest absolute Gasteiger partial charge is 0.351 e. The van der Waals surface area contributed by atoms with Gasteiger partial charge in [0.05, 0.1) is 18.8 Å². The van der Waals surface area contributed by atoms with Gasteiger partial charge in [-0.3, -0.25) is 9.98 Å². The lowest BCUT2D eigenvalue weighted by atomic mass is 10.3. The van der Waals surface area contributed by atoms with Crippen molar-refractivity contribution in [1.82, 2.24) is 20.6 Å². The van der Waals surface area contributed by atoms with Crippen LogP contribution in [0.25, 0.3) is 0 Å². The molecule has 0 saturated carbocycles. The van der Waals surface area contributed by atoms with Crippen LogP contribution in [0.5, 0.6) is 0 Å². The molecule has 2 N–H and O–H groups in total. The highest BCUT2D eigenvalue weighted by atomic mass is 127. The fourth-order valence-electron chi connectivity index (χ4n) is 1.58. The van der Waals surface area contributed by atoms with Gasteiger partial charge in [0.1, 0.15) is 10.8 Å². The van der Waals surface area contributed by atoms with Crippen LogP contribution in [0.3, 0.4) is 0 Å². The molecule has 0 fully saturated rings. The van der Waals surface area contributed by atoms with E-state index in [-0.39, 0.29) is 36.3 Å². The Balaban J connectivity index is 0.00000220. The Labute approximate surface area is 144 Å². The highest BCUT2D eigenvalue weighted by molar-refractivity contribution is 14.0. The molecular formula is C13H17FIN5S. The van der Waals surface area contributed by atoms with Crippen molar-refractivity contribution in [3.8, 4) is 0 Å². The van der Waals surface area contributed by atoms with E-state index in [4.69, 9.17) is 0 Å². The maximum Gasteiger partial charge on any atom is 0.191 e. The van der Waals surface area contributed by atoms with E-state index in [1.54, 1.807) is 30.6 Å². The Hall–Kier alpha value is -1.29. The number of nitrogens with zero attached hydrogens (tertiary/aromatic N) is 3. The van der Waals surface area contributed by atoms with Crippen molar-refractivity contribution in [3.05, 3.63) is 45.9 Å². The molecule has 0 aliphatic rings. The van der Waals surface area contributed by atoms with Crippen molar-refractivity contribution in [3.63, 3.8) is 0 Å². The number of thiazole rings is 1. The fourth-order valence-corrected chi connectivity index (χ4v) is 2.31. The first-order valence-electron chi connectivity index (χ1n) is 6.14. The normalized spacial score (nSPS) is 10.9. The average Bonchev–Trinajstić information content (AvgIpc) is 2.86. The predicted octanol–water partition coefficient (Wildman–Crippen LogP) is 2.47. The van der Waals surface area contributed by atoms with Gasteiger partial charge in [-0.05, 0) is 19.1 Å². The number of aryl methyl sites for hydroxylation is 1. The third kappa shape index (κ3) is 5.54. The molecule has 0 spiro atoms. The predicted molar refractivity (Wildman–Crippen MR) is 93.5 cm³/mol. The van der Waals surface area contributed by atoms with Gasteiger partial charge in [-0.2, -0.15) is 0 Å². The maximum atomic E-state index is 13.4. The Morgan fingerprint density at radius 2 is 2.10 bits per heavy atom. The minimum atomic E-state index is -0.328. The first-order chi connectivity index (χ1) is 9.69. The second kappa shape index (κ2) is 8.88. The lowest BCUT2D eigenvalue weighted by Gasteiger charge is -2.10. The number of hydrogen-bond acceptors (Lipinski definition) is 4. The second-order valence-electron chi connectivity index (χ2n) is 4.08. The molecule has 0 atom stereocenters. The van der Waals surface area contributed by atoms with Crippen molar-refractivity contribution in [2.75, 3.05) is 7.05 Å². The molecule has 21 heavy (non-hydrogen) atoms. The average molecular weight is 421 g/mol. The van der Waals surface area contributed by atoms with Gasteiger partial charge in [0, 0.05) is 24.3 Å². The Bertz CT molecular complexity index is 602. The van der Waals surface area contributed by atoms with E-state index in [9.17, 15) is 4.39 Å². The van der Waals surface area contributed by atoms with Crippen LogP contribution in [-0.4, -0.2) is 23.0 Å². The van der Waals surface area contributed by atoms with E-state index in [1.807, 2.05) is 13.1 Å². The summed E-state index contributed by atoms with van der Waals surface area (Å²) in [5, 5.41) is 7.12. The molecule has 0 amide bonds. The number of halogens is 2. The van der Waals surface area contributed by atoms with Crippen LogP contribution in [-0.2, 0) is 13.1 Å². The van der Waals surface area contributed by atoms with E-state index < -0.39 is 0 Å². The van der Waals surface area contributed by atoms with Gasteiger partial charge in [0.25, 0.3) is 0 Å². The third-order valence-corrected chi connectivity index (χ3v) is 3.47. The molecule has 0 unspecified atom stereocenters. The van der Waals surface area contributed by atoms with Crippen LogP contribution in [0.4, 0.5) is 4.39 Å². The van der Waals surface area contributed by atoms with Crippen LogP contribution in [0.1, 0.15) is 15.6 Å². The molecule has 0 saturated heterocycles. The highest BCUT2D eigenvalue weighted by Crippen LogP contribution is 2.10. The van der Waals surface area contributed by atoms with Crippen LogP contribution >= 0.6 is 35.3 Å². The SMILES string of the molecule is CN=C(NCc1ncc(C)s1)NCc1ncccc1F.I. The van der Waals surface area contributed by atoms with Crippen LogP contribution in [0.2, 0.25) is 0 Å². The van der Waals surface area contributed by atoms with Crippen molar-refractivity contribution in [2.45, 2.75) is 20.0 Å². The highest BCUT2D eigenvalue weighted by Gasteiger charge is 2.05. The van der Waals surface area contributed by atoms with Crippen LogP contribution in [0.15, 0.2) is 29.5 Å². The molecule has 2 aromatic heterocycles. The van der Waals surface area contributed by atoms with Gasteiger partial charge in [-0.25, -0.2) is 9.37 Å². The molecule has 0 aromatic carbocycles. The summed E-state index contributed by atoms with van der Waals surface area (Å²) in [4.78, 5) is 13.5. The molecule has 0 bridgehead atoms. The van der Waals surface area contributed by atoms with E-state index >= 15 is 0 Å². The minimum absolute atomic E-state index is 0. The molecule has 0 aliphatic carbocycles. The smallest absolute Gasteiger partial charge is 0.191 e. The van der Waals surface area contributed by atoms with E-state index in [2.05, 4.69) is 25.6 Å². The van der Waals surface area contributed by atoms with Gasteiger partial charge in [-0.1, -0.05) is 0 Å². The summed E-state index contributed by atoms with van der Waals surface area (Å²) in [7, 11) is 1.66. The number of guanidine groups is 1.